The Balaban J connectivity index is 1.10. The molecule has 1 aromatic carbocycles. The van der Waals surface area contributed by atoms with Crippen molar-refractivity contribution < 1.29 is 4.79 Å². The van der Waals surface area contributed by atoms with E-state index >= 15 is 0 Å². The molecule has 4 bridgehead atoms. The van der Waals surface area contributed by atoms with Crippen molar-refractivity contribution >= 4 is 17.5 Å². The molecular formula is C26H33ClN4O. The topological polar surface area (TPSA) is 59.0 Å². The Hall–Kier alpha value is -1.85. The normalized spacial score (nSPS) is 30.6. The van der Waals surface area contributed by atoms with Crippen molar-refractivity contribution in [1.82, 2.24) is 20.4 Å². The van der Waals surface area contributed by atoms with E-state index in [1.807, 2.05) is 31.2 Å². The fourth-order valence-corrected chi connectivity index (χ4v) is 7.16. The molecule has 5 fully saturated rings. The average molecular weight is 453 g/mol. The summed E-state index contributed by atoms with van der Waals surface area (Å²) >= 11 is 6.08. The minimum atomic E-state index is -0.0657. The highest BCUT2D eigenvalue weighted by Crippen LogP contribution is 2.53. The lowest BCUT2D eigenvalue weighted by Crippen LogP contribution is -2.55. The quantitative estimate of drug-likeness (QED) is 0.582. The predicted octanol–water partition coefficient (Wildman–Crippen LogP) is 4.99. The molecule has 2 aromatic rings. The van der Waals surface area contributed by atoms with Crippen LogP contribution in [0.15, 0.2) is 24.3 Å². The smallest absolute Gasteiger partial charge is 0.272 e. The lowest BCUT2D eigenvalue weighted by Gasteiger charge is -2.54. The molecule has 5 aliphatic rings. The summed E-state index contributed by atoms with van der Waals surface area (Å²) in [7, 11) is 0. The summed E-state index contributed by atoms with van der Waals surface area (Å²) in [6, 6.07) is 8.89. The number of nitrogens with zero attached hydrogens (tertiary/aromatic N) is 2. The first-order chi connectivity index (χ1) is 15.6. The van der Waals surface area contributed by atoms with E-state index in [2.05, 4.69) is 15.3 Å². The molecule has 5 nitrogen and oxygen atoms in total. The Morgan fingerprint density at radius 2 is 1.69 bits per heavy atom. The molecule has 170 valence electrons. The third-order valence-corrected chi connectivity index (χ3v) is 8.64. The van der Waals surface area contributed by atoms with Crippen LogP contribution in [0.2, 0.25) is 5.02 Å². The van der Waals surface area contributed by atoms with E-state index in [0.29, 0.717) is 29.3 Å². The molecule has 6 heteroatoms. The molecule has 0 unspecified atom stereocenters. The van der Waals surface area contributed by atoms with E-state index in [9.17, 15) is 4.79 Å². The van der Waals surface area contributed by atoms with Crippen LogP contribution in [0.3, 0.4) is 0 Å². The summed E-state index contributed by atoms with van der Waals surface area (Å²) in [5, 5.41) is 12.4. The van der Waals surface area contributed by atoms with Crippen LogP contribution in [0.25, 0.3) is 11.3 Å². The first kappa shape index (κ1) is 20.7. The third-order valence-electron chi connectivity index (χ3n) is 8.39. The van der Waals surface area contributed by atoms with Crippen molar-refractivity contribution in [2.24, 2.45) is 23.7 Å². The van der Waals surface area contributed by atoms with Gasteiger partial charge in [0.25, 0.3) is 5.91 Å². The van der Waals surface area contributed by atoms with E-state index in [1.165, 1.54) is 32.1 Å². The number of halogens is 1. The lowest BCUT2D eigenvalue weighted by atomic mass is 9.54. The highest BCUT2D eigenvalue weighted by molar-refractivity contribution is 6.30. The first-order valence-electron chi connectivity index (χ1n) is 12.4. The maximum atomic E-state index is 13.0. The van der Waals surface area contributed by atoms with Gasteiger partial charge in [-0.25, -0.2) is 0 Å². The van der Waals surface area contributed by atoms with E-state index in [-0.39, 0.29) is 5.91 Å². The zero-order valence-corrected chi connectivity index (χ0v) is 19.6. The molecule has 0 atom stereocenters. The minimum Gasteiger partial charge on any atom is -0.349 e. The predicted molar refractivity (Wildman–Crippen MR) is 127 cm³/mol. The van der Waals surface area contributed by atoms with Gasteiger partial charge >= 0.3 is 0 Å². The molecular weight excluding hydrogens is 420 g/mol. The third kappa shape index (κ3) is 3.77. The number of amides is 1. The number of hydrogen-bond acceptors (Lipinski definition) is 3. The van der Waals surface area contributed by atoms with Crippen LogP contribution < -0.4 is 10.6 Å². The zero-order valence-electron chi connectivity index (χ0n) is 18.8. The van der Waals surface area contributed by atoms with E-state index in [4.69, 9.17) is 16.7 Å². The molecule has 32 heavy (non-hydrogen) atoms. The Morgan fingerprint density at radius 1 is 1.03 bits per heavy atom. The molecule has 5 aliphatic carbocycles. The maximum Gasteiger partial charge on any atom is 0.272 e. The van der Waals surface area contributed by atoms with Crippen LogP contribution in [-0.4, -0.2) is 34.8 Å². The molecule has 0 saturated heterocycles. The molecule has 0 aliphatic heterocycles. The molecule has 5 saturated carbocycles. The van der Waals surface area contributed by atoms with Crippen molar-refractivity contribution in [3.05, 3.63) is 40.5 Å². The number of rotatable bonds is 7. The van der Waals surface area contributed by atoms with E-state index in [1.54, 1.807) is 0 Å². The summed E-state index contributed by atoms with van der Waals surface area (Å²) in [6.45, 7) is 3.50. The SMILES string of the molecule is Cc1c(C(=O)NCCNC2C3CC4CC(C3)CC2C4)nn(C2CC2)c1-c1ccc(Cl)cc1. The highest BCUT2D eigenvalue weighted by atomic mass is 35.5. The summed E-state index contributed by atoms with van der Waals surface area (Å²) in [5.74, 6) is 3.65. The molecule has 0 spiro atoms. The average Bonchev–Trinajstić information content (AvgIpc) is 3.55. The van der Waals surface area contributed by atoms with Gasteiger partial charge in [0.2, 0.25) is 0 Å². The number of carbonyl (C=O) groups is 1. The molecule has 1 aromatic heterocycles. The molecule has 0 radical (unpaired) electrons. The van der Waals surface area contributed by atoms with Crippen molar-refractivity contribution in [3.8, 4) is 11.3 Å². The number of carbonyl (C=O) groups excluding carboxylic acids is 1. The highest BCUT2D eigenvalue weighted by Gasteiger charge is 2.47. The Morgan fingerprint density at radius 3 is 2.31 bits per heavy atom. The Bertz CT molecular complexity index is 982. The van der Waals surface area contributed by atoms with Gasteiger partial charge in [-0.3, -0.25) is 9.48 Å². The van der Waals surface area contributed by atoms with Crippen LogP contribution in [0.1, 0.15) is 67.0 Å². The number of benzene rings is 1. The molecule has 1 amide bonds. The van der Waals surface area contributed by atoms with Gasteiger partial charge in [0.05, 0.1) is 11.7 Å². The van der Waals surface area contributed by atoms with Crippen LogP contribution in [0.5, 0.6) is 0 Å². The minimum absolute atomic E-state index is 0.0657. The van der Waals surface area contributed by atoms with E-state index in [0.717, 1.165) is 59.9 Å². The van der Waals surface area contributed by atoms with Gasteiger partial charge < -0.3 is 10.6 Å². The van der Waals surface area contributed by atoms with Crippen LogP contribution >= 0.6 is 11.6 Å². The van der Waals surface area contributed by atoms with Crippen molar-refractivity contribution in [2.75, 3.05) is 13.1 Å². The van der Waals surface area contributed by atoms with Crippen LogP contribution in [0.4, 0.5) is 0 Å². The van der Waals surface area contributed by atoms with E-state index < -0.39 is 0 Å². The monoisotopic (exact) mass is 452 g/mol. The standard InChI is InChI=1S/C26H33ClN4O/c1-15-23(30-31(22-6-7-22)25(15)18-2-4-21(27)5-3-18)26(32)29-9-8-28-24-19-11-16-10-17(13-19)14-20(24)12-16/h2-5,16-17,19-20,22,24,28H,6-14H2,1H3,(H,29,32). The Kier molecular flexibility index (Phi) is 5.30. The second kappa shape index (κ2) is 8.18. The lowest BCUT2D eigenvalue weighted by molar-refractivity contribution is -0.0133. The van der Waals surface area contributed by atoms with Crippen LogP contribution in [0, 0.1) is 30.6 Å². The largest absolute Gasteiger partial charge is 0.349 e. The second-order valence-corrected chi connectivity index (χ2v) is 11.1. The van der Waals surface area contributed by atoms with Gasteiger partial charge in [-0.2, -0.15) is 5.10 Å². The van der Waals surface area contributed by atoms with Crippen molar-refractivity contribution in [3.63, 3.8) is 0 Å². The number of hydrogen-bond donors (Lipinski definition) is 2. The summed E-state index contributed by atoms with van der Waals surface area (Å²) in [6.07, 6.45) is 9.41. The fourth-order valence-electron chi connectivity index (χ4n) is 7.03. The molecule has 2 N–H and O–H groups in total. The van der Waals surface area contributed by atoms with Crippen molar-refractivity contribution in [2.45, 2.75) is 64.0 Å². The van der Waals surface area contributed by atoms with Gasteiger partial charge in [0.15, 0.2) is 5.69 Å². The number of nitrogens with one attached hydrogen (secondary N) is 2. The summed E-state index contributed by atoms with van der Waals surface area (Å²) < 4.78 is 2.06. The maximum absolute atomic E-state index is 13.0. The fraction of sp³-hybridized carbons (Fsp3) is 0.615. The van der Waals surface area contributed by atoms with Crippen molar-refractivity contribution in [1.29, 1.82) is 0 Å². The van der Waals surface area contributed by atoms with Gasteiger partial charge in [0.1, 0.15) is 0 Å². The van der Waals surface area contributed by atoms with Gasteiger partial charge in [-0.1, -0.05) is 23.7 Å². The first-order valence-corrected chi connectivity index (χ1v) is 12.8. The van der Waals surface area contributed by atoms with Gasteiger partial charge in [-0.05, 0) is 87.7 Å². The molecule has 7 rings (SSSR count). The van der Waals surface area contributed by atoms with Crippen LogP contribution in [-0.2, 0) is 0 Å². The number of aromatic nitrogens is 2. The zero-order chi connectivity index (χ0) is 21.8. The Labute approximate surface area is 195 Å². The molecule has 1 heterocycles. The van der Waals surface area contributed by atoms with Gasteiger partial charge in [-0.15, -0.1) is 0 Å². The summed E-state index contributed by atoms with van der Waals surface area (Å²) in [4.78, 5) is 13.0. The van der Waals surface area contributed by atoms with Gasteiger partial charge in [0, 0.05) is 35.3 Å². The summed E-state index contributed by atoms with van der Waals surface area (Å²) in [5.41, 5.74) is 3.61. The second-order valence-electron chi connectivity index (χ2n) is 10.7.